The Labute approximate surface area is 93.4 Å². The molecule has 0 saturated heterocycles. The average Bonchev–Trinajstić information content (AvgIpc) is 2.31. The molecule has 0 N–H and O–H groups in total. The van der Waals surface area contributed by atoms with E-state index in [4.69, 9.17) is 7.74 Å². The predicted molar refractivity (Wildman–Crippen MR) is 67.3 cm³/mol. The van der Waals surface area contributed by atoms with E-state index in [1.807, 2.05) is 38.4 Å². The van der Waals surface area contributed by atoms with Gasteiger partial charge in [0.25, 0.3) is 0 Å². The first-order valence-corrected chi connectivity index (χ1v) is 4.91. The van der Waals surface area contributed by atoms with E-state index in [0.717, 1.165) is 17.4 Å². The second kappa shape index (κ2) is 7.10. The summed E-state index contributed by atoms with van der Waals surface area (Å²) in [6.07, 6.45) is 4.43. The van der Waals surface area contributed by atoms with Crippen molar-refractivity contribution in [2.24, 2.45) is 0 Å². The standard InChI is InChI=1S/C8H6N2.C2H5B3/c1-2-4-8-7(3-1)9-5-6-10-8;1-2-4-5-3/h1-6H;2H2,1H3. The minimum atomic E-state index is 0.949. The zero-order chi connectivity index (χ0) is 10.9. The Bertz CT molecular complexity index is 328. The van der Waals surface area contributed by atoms with E-state index in [9.17, 15) is 0 Å². The summed E-state index contributed by atoms with van der Waals surface area (Å²) in [6.45, 7) is 2.04. The number of rotatable bonds is 2. The van der Waals surface area contributed by atoms with Gasteiger partial charge in [-0.2, -0.15) is 0 Å². The molecule has 4 radical (unpaired) electrons. The molecule has 0 aliphatic carbocycles. The topological polar surface area (TPSA) is 25.8 Å². The fourth-order valence-electron chi connectivity index (χ4n) is 1.05. The maximum Gasteiger partial charge on any atom is 0.0886 e. The maximum absolute atomic E-state index is 4.96. The molecule has 0 atom stereocenters. The molecule has 1 aromatic carbocycles. The quantitative estimate of drug-likeness (QED) is 0.672. The van der Waals surface area contributed by atoms with Crippen molar-refractivity contribution < 1.29 is 0 Å². The summed E-state index contributed by atoms with van der Waals surface area (Å²) in [5.74, 6) is 0. The molecule has 5 heteroatoms. The van der Waals surface area contributed by atoms with Gasteiger partial charge in [-0.1, -0.05) is 25.4 Å². The number of aromatic nitrogens is 2. The Morgan fingerprint density at radius 3 is 2.00 bits per heavy atom. The highest BCUT2D eigenvalue weighted by atomic mass is 14.8. The Morgan fingerprint density at radius 1 is 1.13 bits per heavy atom. The molecule has 0 aliphatic rings. The minimum Gasteiger partial charge on any atom is -0.253 e. The van der Waals surface area contributed by atoms with Crippen molar-refractivity contribution in [3.05, 3.63) is 36.7 Å². The van der Waals surface area contributed by atoms with Crippen molar-refractivity contribution >= 4 is 33.0 Å². The summed E-state index contributed by atoms with van der Waals surface area (Å²) < 4.78 is 0. The summed E-state index contributed by atoms with van der Waals surface area (Å²) >= 11 is 0. The van der Waals surface area contributed by atoms with Crippen LogP contribution < -0.4 is 0 Å². The summed E-state index contributed by atoms with van der Waals surface area (Å²) in [5, 5.41) is 0. The Hall–Kier alpha value is -1.25. The van der Waals surface area contributed by atoms with Crippen LogP contribution in [-0.2, 0) is 0 Å². The highest BCUT2D eigenvalue weighted by Crippen LogP contribution is 2.04. The molecule has 0 fully saturated rings. The van der Waals surface area contributed by atoms with Crippen molar-refractivity contribution in [1.29, 1.82) is 0 Å². The van der Waals surface area contributed by atoms with Gasteiger partial charge in [-0.25, -0.2) is 0 Å². The zero-order valence-electron chi connectivity index (χ0n) is 8.80. The van der Waals surface area contributed by atoms with Crippen LogP contribution in [0.25, 0.3) is 11.0 Å². The number of nitrogens with zero attached hydrogens (tertiary/aromatic N) is 2. The molecule has 0 bridgehead atoms. The van der Waals surface area contributed by atoms with Crippen LogP contribution in [0.5, 0.6) is 0 Å². The van der Waals surface area contributed by atoms with Crippen LogP contribution in [0.2, 0.25) is 6.32 Å². The number of hydrogen-bond donors (Lipinski definition) is 0. The van der Waals surface area contributed by atoms with Gasteiger partial charge in [0.1, 0.15) is 0 Å². The van der Waals surface area contributed by atoms with Gasteiger partial charge in [-0.3, -0.25) is 9.97 Å². The smallest absolute Gasteiger partial charge is 0.0886 e. The van der Waals surface area contributed by atoms with Crippen molar-refractivity contribution in [3.63, 3.8) is 0 Å². The van der Waals surface area contributed by atoms with Crippen LogP contribution in [0.15, 0.2) is 36.7 Å². The fraction of sp³-hybridized carbons (Fsp3) is 0.200. The van der Waals surface area contributed by atoms with Crippen LogP contribution >= 0.6 is 0 Å². The van der Waals surface area contributed by atoms with E-state index in [1.165, 1.54) is 0 Å². The normalized spacial score (nSPS) is 8.87. The highest BCUT2D eigenvalue weighted by Gasteiger charge is 1.88. The molecule has 0 spiro atoms. The van der Waals surface area contributed by atoms with Gasteiger partial charge in [0.2, 0.25) is 0 Å². The van der Waals surface area contributed by atoms with Gasteiger partial charge in [0.15, 0.2) is 0 Å². The molecule has 1 heterocycles. The Kier molecular flexibility index (Phi) is 5.60. The molecule has 0 amide bonds. The van der Waals surface area contributed by atoms with Crippen molar-refractivity contribution in [2.75, 3.05) is 0 Å². The van der Waals surface area contributed by atoms with E-state index in [1.54, 1.807) is 19.5 Å². The molecule has 70 valence electrons. The van der Waals surface area contributed by atoms with Crippen molar-refractivity contribution in [2.45, 2.75) is 13.2 Å². The van der Waals surface area contributed by atoms with Gasteiger partial charge in [0.05, 0.1) is 18.2 Å². The average molecular weight is 192 g/mol. The van der Waals surface area contributed by atoms with Gasteiger partial charge in [0, 0.05) is 27.2 Å². The van der Waals surface area contributed by atoms with E-state index in [0.29, 0.717) is 0 Å². The van der Waals surface area contributed by atoms with Crippen molar-refractivity contribution in [3.8, 4) is 0 Å². The number of benzene rings is 1. The van der Waals surface area contributed by atoms with Gasteiger partial charge in [-0.05, 0) is 12.1 Å². The molecular formula is C10H11B3N2. The molecule has 2 aromatic rings. The Balaban J connectivity index is 0.000000195. The molecule has 2 nitrogen and oxygen atoms in total. The van der Waals surface area contributed by atoms with Crippen LogP contribution in [-0.4, -0.2) is 31.9 Å². The molecule has 0 saturated carbocycles. The van der Waals surface area contributed by atoms with Gasteiger partial charge >= 0.3 is 0 Å². The third kappa shape index (κ3) is 4.19. The molecular weight excluding hydrogens is 181 g/mol. The summed E-state index contributed by atoms with van der Waals surface area (Å²) in [4.78, 5) is 8.24. The lowest BCUT2D eigenvalue weighted by atomic mass is 9.27. The van der Waals surface area contributed by atoms with Gasteiger partial charge < -0.3 is 0 Å². The summed E-state index contributed by atoms with van der Waals surface area (Å²) in [5.41, 5.74) is 1.90. The first kappa shape index (κ1) is 11.8. The van der Waals surface area contributed by atoms with Crippen LogP contribution in [0.4, 0.5) is 0 Å². The molecule has 0 unspecified atom stereocenters. The fourth-order valence-corrected chi connectivity index (χ4v) is 1.05. The van der Waals surface area contributed by atoms with E-state index < -0.39 is 0 Å². The molecule has 2 rings (SSSR count). The first-order valence-electron chi connectivity index (χ1n) is 4.91. The summed E-state index contributed by atoms with van der Waals surface area (Å²) in [6, 6.07) is 7.80. The number of para-hydroxylation sites is 2. The molecule has 15 heavy (non-hydrogen) atoms. The number of hydrogen-bond acceptors (Lipinski definition) is 2. The predicted octanol–water partition coefficient (Wildman–Crippen LogP) is 1.46. The first-order chi connectivity index (χ1) is 7.38. The van der Waals surface area contributed by atoms with E-state index in [2.05, 4.69) is 9.97 Å². The van der Waals surface area contributed by atoms with E-state index >= 15 is 0 Å². The van der Waals surface area contributed by atoms with Crippen molar-refractivity contribution in [1.82, 2.24) is 9.97 Å². The van der Waals surface area contributed by atoms with Crippen LogP contribution in [0.3, 0.4) is 0 Å². The third-order valence-corrected chi connectivity index (χ3v) is 1.75. The minimum absolute atomic E-state index is 0.949. The SMILES string of the molecule is [B][B][B]CC.c1ccc2nccnc2c1. The second-order valence-corrected chi connectivity index (χ2v) is 2.88. The maximum atomic E-state index is 4.96. The molecule has 1 aromatic heterocycles. The summed E-state index contributed by atoms with van der Waals surface area (Å²) in [7, 11) is 8.42. The second-order valence-electron chi connectivity index (χ2n) is 2.88. The van der Waals surface area contributed by atoms with Crippen LogP contribution in [0, 0.1) is 0 Å². The largest absolute Gasteiger partial charge is 0.253 e. The molecule has 0 aliphatic heterocycles. The van der Waals surface area contributed by atoms with Crippen LogP contribution in [0.1, 0.15) is 6.92 Å². The Morgan fingerprint density at radius 2 is 1.67 bits per heavy atom. The lowest BCUT2D eigenvalue weighted by molar-refractivity contribution is 1.29. The third-order valence-electron chi connectivity index (χ3n) is 1.75. The van der Waals surface area contributed by atoms with E-state index in [-0.39, 0.29) is 0 Å². The van der Waals surface area contributed by atoms with Gasteiger partial charge in [-0.15, -0.1) is 0 Å². The highest BCUT2D eigenvalue weighted by molar-refractivity contribution is 7.23. The lowest BCUT2D eigenvalue weighted by Gasteiger charge is -1.90. The zero-order valence-corrected chi connectivity index (χ0v) is 8.80. The lowest BCUT2D eigenvalue weighted by Crippen LogP contribution is -1.98. The monoisotopic (exact) mass is 192 g/mol. The number of fused-ring (bicyclic) bond motifs is 1.